The Bertz CT molecular complexity index is 871. The Balaban J connectivity index is 1.45. The molecule has 4 atom stereocenters. The zero-order valence-corrected chi connectivity index (χ0v) is 17.4. The number of nitrogens with two attached hydrogens (primary N) is 1. The highest BCUT2D eigenvalue weighted by Crippen LogP contribution is 2.61. The zero-order valence-electron chi connectivity index (χ0n) is 17.4. The Kier molecular flexibility index (Phi) is 5.61. The summed E-state index contributed by atoms with van der Waals surface area (Å²) in [5.41, 5.74) is 6.92. The van der Waals surface area contributed by atoms with Gasteiger partial charge in [-0.25, -0.2) is 13.8 Å². The van der Waals surface area contributed by atoms with Gasteiger partial charge >= 0.3 is 6.61 Å². The third-order valence-electron chi connectivity index (χ3n) is 6.33. The summed E-state index contributed by atoms with van der Waals surface area (Å²) < 4.78 is 55.9. The van der Waals surface area contributed by atoms with Crippen molar-refractivity contribution in [2.45, 2.75) is 51.3 Å². The molecule has 6 nitrogen and oxygen atoms in total. The molecule has 1 saturated heterocycles. The second kappa shape index (κ2) is 7.96. The topological polar surface area (TPSA) is 87.3 Å². The molecule has 4 rings (SSSR count). The van der Waals surface area contributed by atoms with E-state index >= 15 is 0 Å². The average Bonchev–Trinajstić information content (AvgIpc) is 3.13. The van der Waals surface area contributed by atoms with Crippen LogP contribution in [0.4, 0.5) is 23.4 Å². The van der Waals surface area contributed by atoms with Crippen molar-refractivity contribution in [1.82, 2.24) is 15.2 Å². The molecule has 2 heterocycles. The monoisotopic (exact) mass is 441 g/mol. The summed E-state index contributed by atoms with van der Waals surface area (Å²) in [6.07, 6.45) is 4.82. The molecular weight excluding hydrogens is 414 g/mol. The van der Waals surface area contributed by atoms with E-state index in [1.807, 2.05) is 18.7 Å². The largest absolute Gasteiger partial charge is 0.431 e. The number of anilines is 1. The Morgan fingerprint density at radius 1 is 1.32 bits per heavy atom. The van der Waals surface area contributed by atoms with E-state index in [0.717, 1.165) is 18.5 Å². The van der Waals surface area contributed by atoms with Crippen LogP contribution in [0.15, 0.2) is 24.0 Å². The SMILES string of the molecule is CC(C)N/C(=C\C(=N)c1cnc(N)c(OC(F)F)c1)[C@H]1[C@@H]2C[C@H](N3CC(F)(F)C3)C[C@@H]21. The van der Waals surface area contributed by atoms with E-state index in [1.54, 1.807) is 6.08 Å². The zero-order chi connectivity index (χ0) is 22.5. The van der Waals surface area contributed by atoms with E-state index in [-0.39, 0.29) is 48.4 Å². The molecule has 1 aliphatic heterocycles. The third kappa shape index (κ3) is 4.63. The van der Waals surface area contributed by atoms with Crippen molar-refractivity contribution in [2.75, 3.05) is 18.8 Å². The fraction of sp³-hybridized carbons (Fsp3) is 0.619. The van der Waals surface area contributed by atoms with Crippen LogP contribution in [-0.4, -0.2) is 53.3 Å². The van der Waals surface area contributed by atoms with Gasteiger partial charge in [-0.2, -0.15) is 8.78 Å². The normalized spacial score (nSPS) is 29.6. The average molecular weight is 441 g/mol. The van der Waals surface area contributed by atoms with E-state index in [9.17, 15) is 17.6 Å². The number of fused-ring (bicyclic) bond motifs is 1. The second-order valence-electron chi connectivity index (χ2n) is 9.04. The number of rotatable bonds is 8. The first-order chi connectivity index (χ1) is 14.5. The van der Waals surface area contributed by atoms with Crippen molar-refractivity contribution in [3.05, 3.63) is 29.6 Å². The molecule has 31 heavy (non-hydrogen) atoms. The first-order valence-electron chi connectivity index (χ1n) is 10.4. The number of nitrogens with one attached hydrogen (secondary N) is 2. The molecule has 2 saturated carbocycles. The number of aromatic nitrogens is 1. The van der Waals surface area contributed by atoms with Crippen LogP contribution in [0.3, 0.4) is 0 Å². The minimum atomic E-state index is -3.03. The fourth-order valence-corrected chi connectivity index (χ4v) is 4.98. The number of alkyl halides is 4. The van der Waals surface area contributed by atoms with E-state index in [0.29, 0.717) is 17.4 Å². The first-order valence-corrected chi connectivity index (χ1v) is 10.4. The van der Waals surface area contributed by atoms with Gasteiger partial charge < -0.3 is 21.2 Å². The molecule has 0 aromatic carbocycles. The molecule has 0 spiro atoms. The highest BCUT2D eigenvalue weighted by atomic mass is 19.3. The smallest absolute Gasteiger partial charge is 0.387 e. The highest BCUT2D eigenvalue weighted by Gasteiger charge is 2.60. The van der Waals surface area contributed by atoms with E-state index < -0.39 is 12.5 Å². The van der Waals surface area contributed by atoms with Crippen LogP contribution in [0, 0.1) is 23.2 Å². The Morgan fingerprint density at radius 3 is 2.52 bits per heavy atom. The molecule has 4 N–H and O–H groups in total. The van der Waals surface area contributed by atoms with E-state index in [1.165, 1.54) is 12.3 Å². The number of hydrogen-bond donors (Lipinski definition) is 3. The summed E-state index contributed by atoms with van der Waals surface area (Å²) in [4.78, 5) is 5.73. The lowest BCUT2D eigenvalue weighted by molar-refractivity contribution is -0.146. The number of nitrogens with zero attached hydrogens (tertiary/aromatic N) is 2. The molecule has 170 valence electrons. The maximum atomic E-state index is 13.2. The standard InChI is InChI=1S/C21H27F4N5O/c1-10(2)29-16(6-15(26)11-3-17(31-20(22)23)19(27)28-7-11)18-13-4-12(5-14(13)18)30-8-21(24,25)9-30/h3,6-7,10,12-14,18,20,26,29H,4-5,8-9H2,1-2H3,(H2,27,28)/b16-6-,26-15?/t12-,13+,14-,18-. The number of likely N-dealkylation sites (tertiary alicyclic amines) is 1. The van der Waals surface area contributed by atoms with Crippen LogP contribution in [0.5, 0.6) is 5.75 Å². The highest BCUT2D eigenvalue weighted by molar-refractivity contribution is 6.07. The number of halogens is 4. The molecule has 2 aliphatic carbocycles. The Hall–Kier alpha value is -2.36. The molecule has 0 unspecified atom stereocenters. The summed E-state index contributed by atoms with van der Waals surface area (Å²) in [5, 5.41) is 11.8. The van der Waals surface area contributed by atoms with Gasteiger partial charge in [-0.3, -0.25) is 4.90 Å². The molecule has 1 aromatic heterocycles. The molecule has 0 radical (unpaired) electrons. The van der Waals surface area contributed by atoms with Crippen molar-refractivity contribution in [3.63, 3.8) is 0 Å². The number of hydrogen-bond acceptors (Lipinski definition) is 6. The molecule has 3 aliphatic rings. The van der Waals surface area contributed by atoms with Gasteiger partial charge in [0.25, 0.3) is 5.92 Å². The van der Waals surface area contributed by atoms with Crippen molar-refractivity contribution in [3.8, 4) is 5.75 Å². The van der Waals surface area contributed by atoms with Gasteiger partial charge in [-0.15, -0.1) is 0 Å². The van der Waals surface area contributed by atoms with Crippen molar-refractivity contribution >= 4 is 11.5 Å². The lowest BCUT2D eigenvalue weighted by Gasteiger charge is -2.43. The van der Waals surface area contributed by atoms with Crippen LogP contribution < -0.4 is 15.8 Å². The summed E-state index contributed by atoms with van der Waals surface area (Å²) in [6, 6.07) is 1.64. The molecule has 3 fully saturated rings. The molecular formula is C21H27F4N5O. The summed E-state index contributed by atoms with van der Waals surface area (Å²) >= 11 is 0. The number of allylic oxidation sites excluding steroid dienone is 2. The molecule has 10 heteroatoms. The summed E-state index contributed by atoms with van der Waals surface area (Å²) in [6.45, 7) is 0.672. The first kappa shape index (κ1) is 21.9. The van der Waals surface area contributed by atoms with Crippen molar-refractivity contribution in [1.29, 1.82) is 5.41 Å². The van der Waals surface area contributed by atoms with Gasteiger partial charge in [0.1, 0.15) is 0 Å². The number of pyridine rings is 1. The van der Waals surface area contributed by atoms with E-state index in [4.69, 9.17) is 11.1 Å². The summed E-state index contributed by atoms with van der Waals surface area (Å²) in [5.74, 6) is -1.91. The minimum absolute atomic E-state index is 0.110. The van der Waals surface area contributed by atoms with E-state index in [2.05, 4.69) is 15.0 Å². The van der Waals surface area contributed by atoms with Gasteiger partial charge in [0.2, 0.25) is 0 Å². The molecule has 1 aromatic rings. The Labute approximate surface area is 178 Å². The van der Waals surface area contributed by atoms with Crippen LogP contribution >= 0.6 is 0 Å². The Morgan fingerprint density at radius 2 is 1.97 bits per heavy atom. The lowest BCUT2D eigenvalue weighted by Crippen LogP contribution is -2.59. The predicted octanol–water partition coefficient (Wildman–Crippen LogP) is 3.49. The van der Waals surface area contributed by atoms with Gasteiger partial charge in [-0.05, 0) is 50.7 Å². The number of ether oxygens (including phenoxy) is 1. The minimum Gasteiger partial charge on any atom is -0.431 e. The fourth-order valence-electron chi connectivity index (χ4n) is 4.98. The van der Waals surface area contributed by atoms with Crippen LogP contribution in [0.1, 0.15) is 32.3 Å². The maximum Gasteiger partial charge on any atom is 0.387 e. The number of nitrogen functional groups attached to an aromatic ring is 1. The quantitative estimate of drug-likeness (QED) is 0.425. The van der Waals surface area contributed by atoms with Crippen LogP contribution in [0.25, 0.3) is 0 Å². The van der Waals surface area contributed by atoms with Gasteiger partial charge in [0.05, 0.1) is 18.8 Å². The van der Waals surface area contributed by atoms with Crippen molar-refractivity contribution in [2.24, 2.45) is 17.8 Å². The molecule has 0 amide bonds. The van der Waals surface area contributed by atoms with Gasteiger partial charge in [0, 0.05) is 35.5 Å². The van der Waals surface area contributed by atoms with Crippen molar-refractivity contribution < 1.29 is 22.3 Å². The maximum absolute atomic E-state index is 13.2. The predicted molar refractivity (Wildman–Crippen MR) is 108 cm³/mol. The van der Waals surface area contributed by atoms with Gasteiger partial charge in [-0.1, -0.05) is 0 Å². The van der Waals surface area contributed by atoms with Crippen LogP contribution in [-0.2, 0) is 0 Å². The summed E-state index contributed by atoms with van der Waals surface area (Å²) in [7, 11) is 0. The van der Waals surface area contributed by atoms with Crippen LogP contribution in [0.2, 0.25) is 0 Å². The second-order valence-corrected chi connectivity index (χ2v) is 9.04. The third-order valence-corrected chi connectivity index (χ3v) is 6.33. The van der Waals surface area contributed by atoms with Gasteiger partial charge in [0.15, 0.2) is 11.6 Å². The lowest BCUT2D eigenvalue weighted by atomic mass is 9.98. The molecule has 0 bridgehead atoms.